The van der Waals surface area contributed by atoms with E-state index >= 15 is 0 Å². The third kappa shape index (κ3) is 3.96. The van der Waals surface area contributed by atoms with E-state index in [4.69, 9.17) is 0 Å². The van der Waals surface area contributed by atoms with Gasteiger partial charge in [-0.05, 0) is 30.2 Å². The largest absolute Gasteiger partial charge is 0.545 e. The highest BCUT2D eigenvalue weighted by Gasteiger charge is 1.98. The molecule has 0 saturated carbocycles. The normalized spacial score (nSPS) is 10.3. The molecule has 0 aliphatic heterocycles. The lowest BCUT2D eigenvalue weighted by molar-refractivity contribution is -0.297. The first-order valence-corrected chi connectivity index (χ1v) is 4.91. The number of carboxylic acids is 1. The molecule has 0 aromatic heterocycles. The van der Waals surface area contributed by atoms with Gasteiger partial charge < -0.3 is 15.2 Å². The molecule has 84 valence electrons. The first-order valence-electron chi connectivity index (χ1n) is 4.91. The zero-order valence-electron chi connectivity index (χ0n) is 8.90. The fourth-order valence-electron chi connectivity index (χ4n) is 1.20. The molecule has 4 nitrogen and oxygen atoms in total. The number of nitrogens with one attached hydrogen (secondary N) is 1. The summed E-state index contributed by atoms with van der Waals surface area (Å²) in [7, 11) is 0. The van der Waals surface area contributed by atoms with Crippen LogP contribution in [0.2, 0.25) is 0 Å². The van der Waals surface area contributed by atoms with Crippen LogP contribution in [0, 0.1) is 0 Å². The van der Waals surface area contributed by atoms with Crippen molar-refractivity contribution in [1.29, 1.82) is 0 Å². The average molecular weight is 218 g/mol. The highest BCUT2D eigenvalue weighted by molar-refractivity contribution is 6.02. The number of anilines is 1. The number of hydrogen-bond acceptors (Lipinski definition) is 3. The van der Waals surface area contributed by atoms with Crippen LogP contribution in [0.5, 0.6) is 0 Å². The Bertz CT molecular complexity index is 424. The van der Waals surface area contributed by atoms with Gasteiger partial charge in [0, 0.05) is 11.8 Å². The summed E-state index contributed by atoms with van der Waals surface area (Å²) in [5.74, 6) is -1.88. The van der Waals surface area contributed by atoms with Crippen molar-refractivity contribution in [3.63, 3.8) is 0 Å². The molecule has 4 heteroatoms. The summed E-state index contributed by atoms with van der Waals surface area (Å²) >= 11 is 0. The number of amides is 1. The fraction of sp³-hybridized carbons (Fsp3) is 0.167. The smallest absolute Gasteiger partial charge is 0.248 e. The molecule has 0 bridgehead atoms. The summed E-state index contributed by atoms with van der Waals surface area (Å²) in [5.41, 5.74) is 1.74. The molecular formula is C12H12NO3-. The number of aryl methyl sites for hydroxylation is 1. The molecule has 1 amide bonds. The first kappa shape index (κ1) is 12.0. The van der Waals surface area contributed by atoms with Crippen molar-refractivity contribution in [1.82, 2.24) is 0 Å². The lowest BCUT2D eigenvalue weighted by Gasteiger charge is -2.04. The monoisotopic (exact) mass is 218 g/mol. The molecule has 1 aromatic carbocycles. The van der Waals surface area contributed by atoms with E-state index in [2.05, 4.69) is 5.32 Å². The van der Waals surface area contributed by atoms with E-state index in [0.29, 0.717) is 11.8 Å². The number of carbonyl (C=O) groups excluding carboxylic acids is 2. The van der Waals surface area contributed by atoms with Crippen molar-refractivity contribution in [2.24, 2.45) is 0 Å². The van der Waals surface area contributed by atoms with Crippen LogP contribution in [0.25, 0.3) is 0 Å². The molecule has 1 N–H and O–H groups in total. The van der Waals surface area contributed by atoms with Crippen molar-refractivity contribution < 1.29 is 14.7 Å². The Morgan fingerprint density at radius 1 is 1.38 bits per heavy atom. The van der Waals surface area contributed by atoms with Gasteiger partial charge in [0.15, 0.2) is 0 Å². The van der Waals surface area contributed by atoms with Crippen LogP contribution in [0.1, 0.15) is 12.5 Å². The summed E-state index contributed by atoms with van der Waals surface area (Å²) in [6, 6.07) is 7.36. The van der Waals surface area contributed by atoms with E-state index in [1.54, 1.807) is 6.07 Å². The fourth-order valence-corrected chi connectivity index (χ4v) is 1.20. The number of carboxylic acid groups (broad SMARTS) is 1. The van der Waals surface area contributed by atoms with Crippen molar-refractivity contribution in [3.05, 3.63) is 42.0 Å². The van der Waals surface area contributed by atoms with Gasteiger partial charge in [-0.2, -0.15) is 0 Å². The predicted octanol–water partition coefficient (Wildman–Crippen LogP) is 0.494. The molecule has 0 unspecified atom stereocenters. The molecule has 0 atom stereocenters. The Hall–Kier alpha value is -2.10. The molecule has 0 fully saturated rings. The Balaban J connectivity index is 2.65. The Morgan fingerprint density at radius 2 is 2.12 bits per heavy atom. The van der Waals surface area contributed by atoms with Crippen molar-refractivity contribution >= 4 is 17.6 Å². The zero-order valence-corrected chi connectivity index (χ0v) is 8.90. The Morgan fingerprint density at radius 3 is 2.75 bits per heavy atom. The highest BCUT2D eigenvalue weighted by Crippen LogP contribution is 2.10. The second-order valence-electron chi connectivity index (χ2n) is 3.20. The second-order valence-corrected chi connectivity index (χ2v) is 3.20. The highest BCUT2D eigenvalue weighted by atomic mass is 16.4. The summed E-state index contributed by atoms with van der Waals surface area (Å²) in [6.07, 6.45) is 2.49. The Labute approximate surface area is 93.6 Å². The maximum atomic E-state index is 11.2. The zero-order chi connectivity index (χ0) is 12.0. The van der Waals surface area contributed by atoms with Crippen molar-refractivity contribution in [2.75, 3.05) is 5.32 Å². The molecule has 0 radical (unpaired) electrons. The average Bonchev–Trinajstić information content (AvgIpc) is 2.26. The summed E-state index contributed by atoms with van der Waals surface area (Å²) < 4.78 is 0. The summed E-state index contributed by atoms with van der Waals surface area (Å²) in [4.78, 5) is 21.3. The molecule has 0 aliphatic rings. The van der Waals surface area contributed by atoms with E-state index in [-0.39, 0.29) is 0 Å². The van der Waals surface area contributed by atoms with E-state index in [0.717, 1.165) is 18.1 Å². The van der Waals surface area contributed by atoms with Crippen molar-refractivity contribution in [2.45, 2.75) is 13.3 Å². The minimum Gasteiger partial charge on any atom is -0.545 e. The SMILES string of the molecule is CCc1cccc(NC(=O)C=CC(=O)[O-])c1. The van der Waals surface area contributed by atoms with Crippen molar-refractivity contribution in [3.8, 4) is 0 Å². The lowest BCUT2D eigenvalue weighted by atomic mass is 10.1. The van der Waals surface area contributed by atoms with E-state index < -0.39 is 11.9 Å². The summed E-state index contributed by atoms with van der Waals surface area (Å²) in [6.45, 7) is 2.01. The molecule has 0 heterocycles. The Kier molecular flexibility index (Phi) is 4.27. The molecule has 1 rings (SSSR count). The standard InChI is InChI=1S/C12H13NO3/c1-2-9-4-3-5-10(8-9)13-11(14)6-7-12(15)16/h3-8H,2H2,1H3,(H,13,14)(H,15,16)/p-1. The third-order valence-electron chi connectivity index (χ3n) is 1.97. The van der Waals surface area contributed by atoms with Gasteiger partial charge in [0.1, 0.15) is 0 Å². The van der Waals surface area contributed by atoms with Crippen LogP contribution in [-0.2, 0) is 16.0 Å². The van der Waals surface area contributed by atoms with E-state index in [1.165, 1.54) is 0 Å². The van der Waals surface area contributed by atoms with Crippen LogP contribution in [-0.4, -0.2) is 11.9 Å². The number of benzene rings is 1. The van der Waals surface area contributed by atoms with Gasteiger partial charge in [0.25, 0.3) is 0 Å². The van der Waals surface area contributed by atoms with Crippen LogP contribution < -0.4 is 10.4 Å². The van der Waals surface area contributed by atoms with Gasteiger partial charge in [-0.25, -0.2) is 0 Å². The number of hydrogen-bond donors (Lipinski definition) is 1. The maximum Gasteiger partial charge on any atom is 0.248 e. The van der Waals surface area contributed by atoms with Gasteiger partial charge in [-0.3, -0.25) is 4.79 Å². The van der Waals surface area contributed by atoms with Gasteiger partial charge in [0.05, 0.1) is 5.97 Å². The van der Waals surface area contributed by atoms with Crippen LogP contribution >= 0.6 is 0 Å². The molecule has 1 aromatic rings. The molecule has 16 heavy (non-hydrogen) atoms. The van der Waals surface area contributed by atoms with Gasteiger partial charge in [0.2, 0.25) is 5.91 Å². The van der Waals surface area contributed by atoms with Crippen LogP contribution in [0.15, 0.2) is 36.4 Å². The predicted molar refractivity (Wildman–Crippen MR) is 58.6 cm³/mol. The lowest BCUT2D eigenvalue weighted by Crippen LogP contribution is -2.20. The number of rotatable bonds is 4. The maximum absolute atomic E-state index is 11.2. The van der Waals surface area contributed by atoms with E-state index in [9.17, 15) is 14.7 Å². The van der Waals surface area contributed by atoms with E-state index in [1.807, 2.05) is 25.1 Å². The second kappa shape index (κ2) is 5.70. The van der Waals surface area contributed by atoms with Crippen LogP contribution in [0.4, 0.5) is 5.69 Å². The molecule has 0 saturated heterocycles. The van der Waals surface area contributed by atoms with Gasteiger partial charge in [-0.1, -0.05) is 19.1 Å². The van der Waals surface area contributed by atoms with Gasteiger partial charge in [-0.15, -0.1) is 0 Å². The first-order chi connectivity index (χ1) is 7.61. The molecule has 0 aliphatic carbocycles. The quantitative estimate of drug-likeness (QED) is 0.748. The number of aliphatic carboxylic acids is 1. The minimum atomic E-state index is -1.39. The molecular weight excluding hydrogens is 206 g/mol. The number of carbonyl (C=O) groups is 2. The third-order valence-corrected chi connectivity index (χ3v) is 1.97. The topological polar surface area (TPSA) is 69.2 Å². The summed E-state index contributed by atoms with van der Waals surface area (Å²) in [5, 5.41) is 12.6. The minimum absolute atomic E-state index is 0.488. The van der Waals surface area contributed by atoms with Crippen LogP contribution in [0.3, 0.4) is 0 Å². The van der Waals surface area contributed by atoms with Gasteiger partial charge >= 0.3 is 0 Å². The molecule has 0 spiro atoms.